The first-order valence-electron chi connectivity index (χ1n) is 7.14. The van der Waals surface area contributed by atoms with Crippen molar-refractivity contribution < 1.29 is 0 Å². The van der Waals surface area contributed by atoms with Gasteiger partial charge in [0.1, 0.15) is 11.7 Å². The van der Waals surface area contributed by atoms with E-state index in [1.54, 1.807) is 0 Å². The average molecular weight is 260 g/mol. The van der Waals surface area contributed by atoms with Crippen LogP contribution in [-0.2, 0) is 12.8 Å². The van der Waals surface area contributed by atoms with Crippen LogP contribution in [0.15, 0.2) is 6.07 Å². The Hall–Kier alpha value is -1.58. The van der Waals surface area contributed by atoms with Crippen molar-refractivity contribution in [1.29, 1.82) is 5.41 Å². The molecule has 0 bridgehead atoms. The summed E-state index contributed by atoms with van der Waals surface area (Å²) in [4.78, 5) is 6.95. The molecule has 1 atom stereocenters. The van der Waals surface area contributed by atoms with Crippen molar-refractivity contribution in [3.8, 4) is 0 Å². The van der Waals surface area contributed by atoms with Gasteiger partial charge in [-0.1, -0.05) is 6.92 Å². The first-order valence-corrected chi connectivity index (χ1v) is 7.14. The van der Waals surface area contributed by atoms with Crippen molar-refractivity contribution in [2.75, 3.05) is 11.9 Å². The minimum Gasteiger partial charge on any atom is -0.384 e. The lowest BCUT2D eigenvalue weighted by Crippen LogP contribution is -2.32. The van der Waals surface area contributed by atoms with E-state index in [-0.39, 0.29) is 5.84 Å². The molecule has 4 heteroatoms. The van der Waals surface area contributed by atoms with Crippen LogP contribution in [0, 0.1) is 5.41 Å². The molecule has 1 aromatic rings. The quantitative estimate of drug-likeness (QED) is 0.645. The van der Waals surface area contributed by atoms with Gasteiger partial charge in [-0.3, -0.25) is 5.41 Å². The van der Waals surface area contributed by atoms with Crippen LogP contribution < -0.4 is 10.6 Å². The van der Waals surface area contributed by atoms with Gasteiger partial charge in [0.2, 0.25) is 0 Å². The third-order valence-corrected chi connectivity index (χ3v) is 4.16. The lowest BCUT2D eigenvalue weighted by atomic mass is 9.94. The maximum absolute atomic E-state index is 7.80. The van der Waals surface area contributed by atoms with E-state index >= 15 is 0 Å². The Kier molecular flexibility index (Phi) is 4.08. The van der Waals surface area contributed by atoms with Crippen molar-refractivity contribution in [1.82, 2.24) is 4.98 Å². The summed E-state index contributed by atoms with van der Waals surface area (Å²) in [6.45, 7) is 4.33. The van der Waals surface area contributed by atoms with Gasteiger partial charge in [0.05, 0.1) is 5.56 Å². The van der Waals surface area contributed by atoms with Gasteiger partial charge in [-0.05, 0) is 50.7 Å². The lowest BCUT2D eigenvalue weighted by Gasteiger charge is -2.29. The summed E-state index contributed by atoms with van der Waals surface area (Å²) in [6.07, 6.45) is 5.59. The van der Waals surface area contributed by atoms with Crippen LogP contribution in [-0.4, -0.2) is 23.9 Å². The van der Waals surface area contributed by atoms with E-state index in [1.165, 1.54) is 24.1 Å². The Labute approximate surface area is 115 Å². The molecular weight excluding hydrogens is 236 g/mol. The molecule has 3 N–H and O–H groups in total. The number of nitrogen functional groups attached to an aromatic ring is 1. The van der Waals surface area contributed by atoms with Gasteiger partial charge >= 0.3 is 0 Å². The molecule has 0 aromatic carbocycles. The van der Waals surface area contributed by atoms with Crippen molar-refractivity contribution >= 4 is 11.7 Å². The largest absolute Gasteiger partial charge is 0.384 e. The normalized spacial score (nSPS) is 15.7. The van der Waals surface area contributed by atoms with Gasteiger partial charge < -0.3 is 10.6 Å². The van der Waals surface area contributed by atoms with E-state index in [0.717, 1.165) is 30.6 Å². The van der Waals surface area contributed by atoms with E-state index in [1.807, 2.05) is 7.05 Å². The molecule has 19 heavy (non-hydrogen) atoms. The number of aryl methyl sites for hydroxylation is 2. The van der Waals surface area contributed by atoms with Crippen molar-refractivity contribution in [2.24, 2.45) is 5.73 Å². The second-order valence-corrected chi connectivity index (χ2v) is 5.45. The maximum atomic E-state index is 7.80. The molecule has 0 saturated heterocycles. The molecule has 1 aromatic heterocycles. The number of nitrogens with zero attached hydrogens (tertiary/aromatic N) is 2. The highest BCUT2D eigenvalue weighted by Crippen LogP contribution is 2.27. The van der Waals surface area contributed by atoms with Gasteiger partial charge in [0, 0.05) is 18.8 Å². The molecule has 104 valence electrons. The Bertz CT molecular complexity index is 481. The van der Waals surface area contributed by atoms with Crippen molar-refractivity contribution in [2.45, 2.75) is 52.0 Å². The van der Waals surface area contributed by atoms with Gasteiger partial charge in [0.25, 0.3) is 0 Å². The molecular formula is C15H24N4. The minimum atomic E-state index is 0.117. The summed E-state index contributed by atoms with van der Waals surface area (Å²) in [5, 5.41) is 7.80. The second-order valence-electron chi connectivity index (χ2n) is 5.45. The molecule has 0 saturated carbocycles. The highest BCUT2D eigenvalue weighted by molar-refractivity contribution is 5.99. The van der Waals surface area contributed by atoms with E-state index in [9.17, 15) is 0 Å². The zero-order valence-electron chi connectivity index (χ0n) is 12.2. The number of fused-ring (bicyclic) bond motifs is 1. The number of hydrogen-bond donors (Lipinski definition) is 2. The number of hydrogen-bond acceptors (Lipinski definition) is 3. The number of anilines is 1. The van der Waals surface area contributed by atoms with Crippen LogP contribution in [0.3, 0.4) is 0 Å². The summed E-state index contributed by atoms with van der Waals surface area (Å²) in [7, 11) is 2.04. The number of aromatic nitrogens is 1. The standard InChI is InChI=1S/C15H24N4/c1-4-10(2)19(3)15-12(14(16)17)9-11-7-5-6-8-13(11)18-15/h9-10H,4-8H2,1-3H3,(H3,16,17). The first-order chi connectivity index (χ1) is 9.04. The Morgan fingerprint density at radius 3 is 2.79 bits per heavy atom. The van der Waals surface area contributed by atoms with Crippen LogP contribution >= 0.6 is 0 Å². The van der Waals surface area contributed by atoms with Crippen molar-refractivity contribution in [3.05, 3.63) is 22.9 Å². The Morgan fingerprint density at radius 1 is 1.47 bits per heavy atom. The highest BCUT2D eigenvalue weighted by Gasteiger charge is 2.20. The first kappa shape index (κ1) is 13.8. The number of nitrogens with two attached hydrogens (primary N) is 1. The monoisotopic (exact) mass is 260 g/mol. The third-order valence-electron chi connectivity index (χ3n) is 4.16. The number of pyridine rings is 1. The molecule has 0 amide bonds. The molecule has 2 rings (SSSR count). The van der Waals surface area contributed by atoms with Crippen LogP contribution in [0.1, 0.15) is 49.9 Å². The zero-order valence-corrected chi connectivity index (χ0v) is 12.2. The molecule has 1 unspecified atom stereocenters. The topological polar surface area (TPSA) is 66.0 Å². The molecule has 0 fully saturated rings. The van der Waals surface area contributed by atoms with Crippen LogP contribution in [0.25, 0.3) is 0 Å². The fourth-order valence-corrected chi connectivity index (χ4v) is 2.57. The fourth-order valence-electron chi connectivity index (χ4n) is 2.57. The maximum Gasteiger partial charge on any atom is 0.139 e. The molecule has 4 nitrogen and oxygen atoms in total. The predicted octanol–water partition coefficient (Wildman–Crippen LogP) is 2.48. The number of rotatable bonds is 4. The Morgan fingerprint density at radius 2 is 2.16 bits per heavy atom. The number of amidine groups is 1. The summed E-state index contributed by atoms with van der Waals surface area (Å²) in [5.41, 5.74) is 9.00. The van der Waals surface area contributed by atoms with Gasteiger partial charge in [0.15, 0.2) is 0 Å². The minimum absolute atomic E-state index is 0.117. The molecule has 0 spiro atoms. The molecule has 1 heterocycles. The van der Waals surface area contributed by atoms with E-state index in [2.05, 4.69) is 24.8 Å². The summed E-state index contributed by atoms with van der Waals surface area (Å²) in [6, 6.07) is 2.48. The van der Waals surface area contributed by atoms with Crippen molar-refractivity contribution in [3.63, 3.8) is 0 Å². The fraction of sp³-hybridized carbons (Fsp3) is 0.600. The Balaban J connectivity index is 2.48. The second kappa shape index (κ2) is 5.59. The molecule has 0 radical (unpaired) electrons. The summed E-state index contributed by atoms with van der Waals surface area (Å²) < 4.78 is 0. The third kappa shape index (κ3) is 2.72. The average Bonchev–Trinajstić information content (AvgIpc) is 2.44. The molecule has 1 aliphatic carbocycles. The van der Waals surface area contributed by atoms with Crippen LogP contribution in [0.4, 0.5) is 5.82 Å². The number of nitrogens with one attached hydrogen (secondary N) is 1. The van der Waals surface area contributed by atoms with E-state index < -0.39 is 0 Å². The summed E-state index contributed by atoms with van der Waals surface area (Å²) >= 11 is 0. The molecule has 0 aliphatic heterocycles. The predicted molar refractivity (Wildman–Crippen MR) is 80.1 cm³/mol. The van der Waals surface area contributed by atoms with Crippen LogP contribution in [0.5, 0.6) is 0 Å². The van der Waals surface area contributed by atoms with E-state index in [4.69, 9.17) is 16.1 Å². The summed E-state index contributed by atoms with van der Waals surface area (Å²) in [5.74, 6) is 0.980. The van der Waals surface area contributed by atoms with Gasteiger partial charge in [-0.15, -0.1) is 0 Å². The van der Waals surface area contributed by atoms with Gasteiger partial charge in [-0.2, -0.15) is 0 Å². The van der Waals surface area contributed by atoms with Crippen LogP contribution in [0.2, 0.25) is 0 Å². The molecule has 1 aliphatic rings. The highest BCUT2D eigenvalue weighted by atomic mass is 15.2. The smallest absolute Gasteiger partial charge is 0.139 e. The SMILES string of the molecule is CCC(C)N(C)c1nc2c(cc1C(=N)N)CCCC2. The van der Waals surface area contributed by atoms with Gasteiger partial charge in [-0.25, -0.2) is 4.98 Å². The lowest BCUT2D eigenvalue weighted by molar-refractivity contribution is 0.640. The zero-order chi connectivity index (χ0) is 14.0. The van der Waals surface area contributed by atoms with E-state index in [0.29, 0.717) is 6.04 Å².